The smallest absolute Gasteiger partial charge is 0.123 e. The van der Waals surface area contributed by atoms with E-state index in [4.69, 9.17) is 9.15 Å². The lowest BCUT2D eigenvalue weighted by Gasteiger charge is -2.07. The van der Waals surface area contributed by atoms with E-state index in [2.05, 4.69) is 19.2 Å². The Morgan fingerprint density at radius 2 is 2.27 bits per heavy atom. The summed E-state index contributed by atoms with van der Waals surface area (Å²) in [7, 11) is 0. The molecule has 0 radical (unpaired) electrons. The maximum atomic E-state index is 5.40. The highest BCUT2D eigenvalue weighted by Crippen LogP contribution is 2.11. The van der Waals surface area contributed by atoms with Crippen molar-refractivity contribution in [1.82, 2.24) is 5.32 Å². The number of hydrogen-bond donors (Lipinski definition) is 1. The van der Waals surface area contributed by atoms with Gasteiger partial charge in [0.2, 0.25) is 0 Å². The number of ether oxygens (including phenoxy) is 1. The van der Waals surface area contributed by atoms with Crippen LogP contribution < -0.4 is 5.32 Å². The fourth-order valence-electron chi connectivity index (χ4n) is 1.34. The van der Waals surface area contributed by atoms with E-state index in [1.54, 1.807) is 6.26 Å². The van der Waals surface area contributed by atoms with Crippen molar-refractivity contribution in [2.45, 2.75) is 33.9 Å². The molecule has 0 unspecified atom stereocenters. The Morgan fingerprint density at radius 1 is 1.47 bits per heavy atom. The average molecular weight is 211 g/mol. The van der Waals surface area contributed by atoms with Gasteiger partial charge in [-0.15, -0.1) is 0 Å². The molecule has 1 aromatic heterocycles. The van der Waals surface area contributed by atoms with E-state index in [1.165, 1.54) is 0 Å². The van der Waals surface area contributed by atoms with Gasteiger partial charge in [0.1, 0.15) is 5.76 Å². The van der Waals surface area contributed by atoms with Crippen LogP contribution in [0.15, 0.2) is 16.7 Å². The van der Waals surface area contributed by atoms with Gasteiger partial charge in [0, 0.05) is 12.2 Å². The Morgan fingerprint density at radius 3 is 2.93 bits per heavy atom. The maximum Gasteiger partial charge on any atom is 0.123 e. The van der Waals surface area contributed by atoms with E-state index in [1.807, 2.05) is 13.0 Å². The first kappa shape index (κ1) is 12.3. The molecule has 0 fully saturated rings. The molecule has 3 heteroatoms. The zero-order valence-electron chi connectivity index (χ0n) is 9.88. The van der Waals surface area contributed by atoms with Gasteiger partial charge in [-0.05, 0) is 25.5 Å². The third-order valence-corrected chi connectivity index (χ3v) is 2.14. The van der Waals surface area contributed by atoms with Crippen LogP contribution in [-0.2, 0) is 17.9 Å². The van der Waals surface area contributed by atoms with Crippen molar-refractivity contribution in [3.8, 4) is 0 Å². The molecular weight excluding hydrogens is 190 g/mol. The molecule has 1 aromatic rings. The third-order valence-electron chi connectivity index (χ3n) is 2.14. The van der Waals surface area contributed by atoms with E-state index in [0.29, 0.717) is 12.5 Å². The second-order valence-electron chi connectivity index (χ2n) is 4.03. The molecule has 0 saturated heterocycles. The van der Waals surface area contributed by atoms with E-state index >= 15 is 0 Å². The summed E-state index contributed by atoms with van der Waals surface area (Å²) in [4.78, 5) is 0. The van der Waals surface area contributed by atoms with Crippen molar-refractivity contribution >= 4 is 0 Å². The summed E-state index contributed by atoms with van der Waals surface area (Å²) in [5, 5.41) is 3.35. The molecule has 1 N–H and O–H groups in total. The van der Waals surface area contributed by atoms with Crippen LogP contribution in [0, 0.1) is 5.92 Å². The lowest BCUT2D eigenvalue weighted by molar-refractivity contribution is 0.132. The Balaban J connectivity index is 2.35. The van der Waals surface area contributed by atoms with Gasteiger partial charge >= 0.3 is 0 Å². The van der Waals surface area contributed by atoms with Gasteiger partial charge < -0.3 is 14.5 Å². The highest BCUT2D eigenvalue weighted by molar-refractivity contribution is 5.15. The summed E-state index contributed by atoms with van der Waals surface area (Å²) < 4.78 is 10.8. The molecule has 0 bridgehead atoms. The van der Waals surface area contributed by atoms with E-state index in [9.17, 15) is 0 Å². The van der Waals surface area contributed by atoms with Crippen LogP contribution in [-0.4, -0.2) is 13.2 Å². The normalized spacial score (nSPS) is 11.2. The minimum absolute atomic E-state index is 0.645. The molecule has 86 valence electrons. The zero-order chi connectivity index (χ0) is 11.1. The molecule has 0 aromatic carbocycles. The van der Waals surface area contributed by atoms with Gasteiger partial charge in [-0.1, -0.05) is 13.8 Å². The van der Waals surface area contributed by atoms with Crippen molar-refractivity contribution in [2.24, 2.45) is 5.92 Å². The lowest BCUT2D eigenvalue weighted by Crippen LogP contribution is -2.19. The largest absolute Gasteiger partial charge is 0.468 e. The minimum atomic E-state index is 0.645. The maximum absolute atomic E-state index is 5.40. The van der Waals surface area contributed by atoms with Crippen molar-refractivity contribution in [3.63, 3.8) is 0 Å². The van der Waals surface area contributed by atoms with E-state index in [0.717, 1.165) is 31.0 Å². The van der Waals surface area contributed by atoms with Crippen LogP contribution in [0.2, 0.25) is 0 Å². The Kier molecular flexibility index (Phi) is 5.43. The second kappa shape index (κ2) is 6.64. The predicted octanol–water partition coefficient (Wildman–Crippen LogP) is 2.56. The molecule has 0 amide bonds. The van der Waals surface area contributed by atoms with Crippen LogP contribution in [0.25, 0.3) is 0 Å². The van der Waals surface area contributed by atoms with Gasteiger partial charge in [-0.3, -0.25) is 0 Å². The predicted molar refractivity (Wildman–Crippen MR) is 60.6 cm³/mol. The van der Waals surface area contributed by atoms with Gasteiger partial charge in [-0.25, -0.2) is 0 Å². The molecule has 0 spiro atoms. The monoisotopic (exact) mass is 211 g/mol. The van der Waals surface area contributed by atoms with Crippen LogP contribution in [0.5, 0.6) is 0 Å². The van der Waals surface area contributed by atoms with Crippen molar-refractivity contribution in [3.05, 3.63) is 23.7 Å². The zero-order valence-corrected chi connectivity index (χ0v) is 9.88. The first-order valence-corrected chi connectivity index (χ1v) is 5.57. The Hall–Kier alpha value is -0.800. The van der Waals surface area contributed by atoms with Gasteiger partial charge in [0.05, 0.1) is 19.4 Å². The second-order valence-corrected chi connectivity index (χ2v) is 4.03. The number of rotatable bonds is 7. The lowest BCUT2D eigenvalue weighted by atomic mass is 10.2. The molecular formula is C12H21NO2. The summed E-state index contributed by atoms with van der Waals surface area (Å²) in [6.07, 6.45) is 1.72. The topological polar surface area (TPSA) is 34.4 Å². The summed E-state index contributed by atoms with van der Waals surface area (Å²) >= 11 is 0. The van der Waals surface area contributed by atoms with Gasteiger partial charge in [0.15, 0.2) is 0 Å². The van der Waals surface area contributed by atoms with Gasteiger partial charge in [0.25, 0.3) is 0 Å². The van der Waals surface area contributed by atoms with Crippen molar-refractivity contribution in [2.75, 3.05) is 13.2 Å². The standard InChI is InChI=1S/C12H21NO2/c1-4-14-9-11-5-6-15-12(11)8-13-7-10(2)3/h5-6,10,13H,4,7-9H2,1-3H3. The van der Waals surface area contributed by atoms with Crippen molar-refractivity contribution < 1.29 is 9.15 Å². The first-order valence-electron chi connectivity index (χ1n) is 5.57. The summed E-state index contributed by atoms with van der Waals surface area (Å²) in [5.41, 5.74) is 1.15. The molecule has 3 nitrogen and oxygen atoms in total. The molecule has 0 aliphatic rings. The molecule has 0 aliphatic heterocycles. The highest BCUT2D eigenvalue weighted by atomic mass is 16.5. The molecule has 0 saturated carbocycles. The number of furan rings is 1. The van der Waals surface area contributed by atoms with Crippen LogP contribution >= 0.6 is 0 Å². The Bertz CT molecular complexity index is 268. The number of hydrogen-bond acceptors (Lipinski definition) is 3. The molecule has 1 heterocycles. The van der Waals surface area contributed by atoms with Crippen LogP contribution in [0.4, 0.5) is 0 Å². The summed E-state index contributed by atoms with van der Waals surface area (Å²) in [6.45, 7) is 9.56. The van der Waals surface area contributed by atoms with E-state index < -0.39 is 0 Å². The first-order chi connectivity index (χ1) is 7.24. The minimum Gasteiger partial charge on any atom is -0.468 e. The SMILES string of the molecule is CCOCc1ccoc1CNCC(C)C. The molecule has 0 atom stereocenters. The molecule has 15 heavy (non-hydrogen) atoms. The average Bonchev–Trinajstić information content (AvgIpc) is 2.62. The molecule has 1 rings (SSSR count). The number of nitrogens with one attached hydrogen (secondary N) is 1. The van der Waals surface area contributed by atoms with Crippen LogP contribution in [0.3, 0.4) is 0 Å². The quantitative estimate of drug-likeness (QED) is 0.752. The van der Waals surface area contributed by atoms with E-state index in [-0.39, 0.29) is 0 Å². The Labute approximate surface area is 91.8 Å². The third kappa shape index (κ3) is 4.49. The fraction of sp³-hybridized carbons (Fsp3) is 0.667. The summed E-state index contributed by atoms with van der Waals surface area (Å²) in [6, 6.07) is 1.97. The summed E-state index contributed by atoms with van der Waals surface area (Å²) in [5.74, 6) is 1.65. The van der Waals surface area contributed by atoms with Crippen LogP contribution in [0.1, 0.15) is 32.1 Å². The van der Waals surface area contributed by atoms with Gasteiger partial charge in [-0.2, -0.15) is 0 Å². The van der Waals surface area contributed by atoms with Crippen molar-refractivity contribution in [1.29, 1.82) is 0 Å². The fourth-order valence-corrected chi connectivity index (χ4v) is 1.34. The molecule has 0 aliphatic carbocycles. The highest BCUT2D eigenvalue weighted by Gasteiger charge is 2.05.